The average Bonchev–Trinajstić information content (AvgIpc) is 2.76. The van der Waals surface area contributed by atoms with Crippen LogP contribution in [-0.4, -0.2) is 16.7 Å². The van der Waals surface area contributed by atoms with Crippen molar-refractivity contribution in [3.05, 3.63) is 50.8 Å². The number of nitrogens with one attached hydrogen (secondary N) is 1. The fraction of sp³-hybridized carbons (Fsp3) is 0.0714. The number of nitrogens with zero attached hydrogens (tertiary/aromatic N) is 1. The maximum atomic E-state index is 5.43. The highest BCUT2D eigenvalue weighted by Gasteiger charge is 2.09. The molecule has 0 fully saturated rings. The number of halogens is 1. The molecule has 3 nitrogen and oxygen atoms in total. The first kappa shape index (κ1) is 12.7. The molecule has 5 heteroatoms. The van der Waals surface area contributed by atoms with Crippen LogP contribution in [-0.2, 0) is 0 Å². The quantitative estimate of drug-likeness (QED) is 0.529. The van der Waals surface area contributed by atoms with E-state index in [1.54, 1.807) is 7.11 Å². The van der Waals surface area contributed by atoms with E-state index in [9.17, 15) is 0 Å². The van der Waals surface area contributed by atoms with Crippen LogP contribution in [0.25, 0.3) is 16.7 Å². The number of aromatic nitrogens is 2. The van der Waals surface area contributed by atoms with E-state index in [4.69, 9.17) is 17.0 Å². The molecule has 0 aliphatic heterocycles. The van der Waals surface area contributed by atoms with Gasteiger partial charge in [0.25, 0.3) is 0 Å². The average molecular weight is 382 g/mol. The van der Waals surface area contributed by atoms with Gasteiger partial charge < -0.3 is 9.72 Å². The van der Waals surface area contributed by atoms with Crippen molar-refractivity contribution in [1.82, 2.24) is 9.55 Å². The van der Waals surface area contributed by atoms with Crippen LogP contribution in [0.3, 0.4) is 0 Å². The number of imidazole rings is 1. The number of methoxy groups -OCH3 is 1. The van der Waals surface area contributed by atoms with Gasteiger partial charge in [0, 0.05) is 9.26 Å². The Hall–Kier alpha value is -1.34. The van der Waals surface area contributed by atoms with Gasteiger partial charge in [-0.1, -0.05) is 6.07 Å². The van der Waals surface area contributed by atoms with Gasteiger partial charge in [-0.25, -0.2) is 0 Å². The summed E-state index contributed by atoms with van der Waals surface area (Å²) in [4.78, 5) is 3.21. The van der Waals surface area contributed by atoms with Gasteiger partial charge in [-0.05, 0) is 71.2 Å². The zero-order valence-electron chi connectivity index (χ0n) is 10.2. The lowest BCUT2D eigenvalue weighted by Crippen LogP contribution is -1.93. The maximum absolute atomic E-state index is 5.43. The van der Waals surface area contributed by atoms with Crippen LogP contribution in [0.15, 0.2) is 42.5 Å². The molecule has 3 aromatic rings. The Morgan fingerprint density at radius 2 is 1.89 bits per heavy atom. The number of hydrogen-bond donors (Lipinski definition) is 1. The van der Waals surface area contributed by atoms with E-state index in [1.807, 2.05) is 22.8 Å². The van der Waals surface area contributed by atoms with E-state index in [1.165, 1.54) is 3.57 Å². The molecular weight excluding hydrogens is 371 g/mol. The third-order valence-corrected chi connectivity index (χ3v) is 3.99. The molecule has 0 unspecified atom stereocenters. The van der Waals surface area contributed by atoms with E-state index in [0.717, 1.165) is 22.5 Å². The molecule has 19 heavy (non-hydrogen) atoms. The predicted octanol–water partition coefficient (Wildman–Crippen LogP) is 4.30. The molecule has 0 atom stereocenters. The zero-order valence-corrected chi connectivity index (χ0v) is 13.2. The van der Waals surface area contributed by atoms with Crippen LogP contribution in [0.4, 0.5) is 0 Å². The summed E-state index contributed by atoms with van der Waals surface area (Å²) in [6.07, 6.45) is 0. The molecule has 3 rings (SSSR count). The van der Waals surface area contributed by atoms with Gasteiger partial charge in [0.1, 0.15) is 11.3 Å². The molecule has 0 amide bonds. The third-order valence-electron chi connectivity index (χ3n) is 2.98. The first-order chi connectivity index (χ1) is 9.20. The van der Waals surface area contributed by atoms with Crippen molar-refractivity contribution in [1.29, 1.82) is 0 Å². The zero-order chi connectivity index (χ0) is 13.4. The number of ether oxygens (including phenoxy) is 1. The second-order valence-electron chi connectivity index (χ2n) is 4.10. The van der Waals surface area contributed by atoms with Gasteiger partial charge in [-0.3, -0.25) is 4.57 Å². The minimum Gasteiger partial charge on any atom is -0.494 e. The standard InChI is InChI=1S/C14H11IN2OS/c1-18-12-4-2-3-11-13(12)16-14(19)17(11)10-7-5-9(15)6-8-10/h2-8H,1H3,(H,16,19). The summed E-state index contributed by atoms with van der Waals surface area (Å²) >= 11 is 7.71. The Bertz CT molecular complexity index is 789. The number of rotatable bonds is 2. The van der Waals surface area contributed by atoms with Crippen LogP contribution in [0.1, 0.15) is 0 Å². The SMILES string of the molecule is COc1cccc2c1[nH]c(=S)n2-c1ccc(I)cc1. The first-order valence-electron chi connectivity index (χ1n) is 5.74. The number of H-pyrrole nitrogens is 1. The molecular formula is C14H11IN2OS. The highest BCUT2D eigenvalue weighted by atomic mass is 127. The predicted molar refractivity (Wildman–Crippen MR) is 87.7 cm³/mol. The Balaban J connectivity index is 2.32. The highest BCUT2D eigenvalue weighted by Crippen LogP contribution is 2.27. The number of benzene rings is 2. The summed E-state index contributed by atoms with van der Waals surface area (Å²) in [5.74, 6) is 0.799. The summed E-state index contributed by atoms with van der Waals surface area (Å²) in [5.41, 5.74) is 2.99. The highest BCUT2D eigenvalue weighted by molar-refractivity contribution is 14.1. The van der Waals surface area contributed by atoms with Crippen molar-refractivity contribution in [2.24, 2.45) is 0 Å². The number of aromatic amines is 1. The van der Waals surface area contributed by atoms with Gasteiger partial charge in [0.2, 0.25) is 0 Å². The molecule has 0 spiro atoms. The number of para-hydroxylation sites is 1. The Kier molecular flexibility index (Phi) is 3.32. The van der Waals surface area contributed by atoms with Crippen LogP contribution in [0.2, 0.25) is 0 Å². The number of fused-ring (bicyclic) bond motifs is 1. The molecule has 0 aliphatic rings. The Morgan fingerprint density at radius 1 is 1.16 bits per heavy atom. The summed E-state index contributed by atoms with van der Waals surface area (Å²) in [6.45, 7) is 0. The summed E-state index contributed by atoms with van der Waals surface area (Å²) in [5, 5.41) is 0. The lowest BCUT2D eigenvalue weighted by atomic mass is 10.2. The van der Waals surface area contributed by atoms with Crippen LogP contribution >= 0.6 is 34.8 Å². The fourth-order valence-corrected chi connectivity index (χ4v) is 2.79. The second kappa shape index (κ2) is 4.97. The van der Waals surface area contributed by atoms with Crippen molar-refractivity contribution in [2.45, 2.75) is 0 Å². The lowest BCUT2D eigenvalue weighted by Gasteiger charge is -2.05. The molecule has 1 N–H and O–H groups in total. The normalized spacial score (nSPS) is 10.8. The first-order valence-corrected chi connectivity index (χ1v) is 7.23. The third kappa shape index (κ3) is 2.17. The summed E-state index contributed by atoms with van der Waals surface area (Å²) in [7, 11) is 1.66. The van der Waals surface area contributed by atoms with Crippen molar-refractivity contribution in [2.75, 3.05) is 7.11 Å². The monoisotopic (exact) mass is 382 g/mol. The molecule has 0 aliphatic carbocycles. The molecule has 1 aromatic heterocycles. The Labute approximate surface area is 129 Å². The largest absolute Gasteiger partial charge is 0.494 e. The number of hydrogen-bond acceptors (Lipinski definition) is 2. The lowest BCUT2D eigenvalue weighted by molar-refractivity contribution is 0.419. The van der Waals surface area contributed by atoms with Gasteiger partial charge in [-0.15, -0.1) is 0 Å². The molecule has 2 aromatic carbocycles. The maximum Gasteiger partial charge on any atom is 0.182 e. The topological polar surface area (TPSA) is 29.9 Å². The minimum atomic E-state index is 0.667. The summed E-state index contributed by atoms with van der Waals surface area (Å²) in [6, 6.07) is 14.2. The van der Waals surface area contributed by atoms with E-state index in [0.29, 0.717) is 4.77 Å². The van der Waals surface area contributed by atoms with E-state index >= 15 is 0 Å². The molecule has 0 bridgehead atoms. The van der Waals surface area contributed by atoms with Crippen molar-refractivity contribution in [3.63, 3.8) is 0 Å². The second-order valence-corrected chi connectivity index (χ2v) is 5.73. The van der Waals surface area contributed by atoms with Crippen molar-refractivity contribution < 1.29 is 4.74 Å². The van der Waals surface area contributed by atoms with E-state index in [2.05, 4.69) is 51.8 Å². The fourth-order valence-electron chi connectivity index (χ4n) is 2.12. The molecule has 0 radical (unpaired) electrons. The van der Waals surface area contributed by atoms with Crippen molar-refractivity contribution in [3.8, 4) is 11.4 Å². The van der Waals surface area contributed by atoms with E-state index in [-0.39, 0.29) is 0 Å². The van der Waals surface area contributed by atoms with Crippen LogP contribution < -0.4 is 4.74 Å². The van der Waals surface area contributed by atoms with Crippen LogP contribution in [0.5, 0.6) is 5.75 Å². The van der Waals surface area contributed by atoms with Gasteiger partial charge in [-0.2, -0.15) is 0 Å². The van der Waals surface area contributed by atoms with E-state index < -0.39 is 0 Å². The molecule has 0 saturated heterocycles. The Morgan fingerprint density at radius 3 is 2.58 bits per heavy atom. The van der Waals surface area contributed by atoms with Crippen LogP contribution in [0, 0.1) is 8.34 Å². The molecule has 1 heterocycles. The van der Waals surface area contributed by atoms with Gasteiger partial charge >= 0.3 is 0 Å². The molecule has 96 valence electrons. The van der Waals surface area contributed by atoms with Gasteiger partial charge in [0.05, 0.1) is 12.6 Å². The minimum absolute atomic E-state index is 0.667. The summed E-state index contributed by atoms with van der Waals surface area (Å²) < 4.78 is 9.24. The smallest absolute Gasteiger partial charge is 0.182 e. The van der Waals surface area contributed by atoms with Gasteiger partial charge in [0.15, 0.2) is 4.77 Å². The molecule has 0 saturated carbocycles. The van der Waals surface area contributed by atoms with Crippen molar-refractivity contribution >= 4 is 45.8 Å².